The fourth-order valence-corrected chi connectivity index (χ4v) is 2.02. The van der Waals surface area contributed by atoms with Crippen LogP contribution >= 0.6 is 0 Å². The van der Waals surface area contributed by atoms with Crippen molar-refractivity contribution in [2.75, 3.05) is 11.0 Å². The van der Waals surface area contributed by atoms with Crippen LogP contribution in [0.4, 0.5) is 32.0 Å². The number of nitrogens with one attached hydrogen (secondary N) is 1. The molecule has 0 saturated carbocycles. The lowest BCUT2D eigenvalue weighted by Gasteiger charge is -2.27. The number of hydrogen-bond donors (Lipinski definition) is 2. The lowest BCUT2D eigenvalue weighted by atomic mass is 9.95. The summed E-state index contributed by atoms with van der Waals surface area (Å²) in [5.74, 6) is -0.844. The van der Waals surface area contributed by atoms with Crippen LogP contribution in [-0.4, -0.2) is 32.4 Å². The van der Waals surface area contributed by atoms with Crippen molar-refractivity contribution >= 4 is 15.7 Å². The van der Waals surface area contributed by atoms with Gasteiger partial charge in [-0.1, -0.05) is 6.07 Å². The summed E-state index contributed by atoms with van der Waals surface area (Å²) in [5, 5.41) is 9.29. The van der Waals surface area contributed by atoms with Crippen molar-refractivity contribution in [3.05, 3.63) is 23.8 Å². The second kappa shape index (κ2) is 5.28. The molecule has 0 amide bonds. The first kappa shape index (κ1) is 17.4. The summed E-state index contributed by atoms with van der Waals surface area (Å²) in [6.07, 6.45) is -9.76. The van der Waals surface area contributed by atoms with Crippen molar-refractivity contribution in [1.29, 1.82) is 0 Å². The highest BCUT2D eigenvalue weighted by atomic mass is 32.2. The number of aromatic hydroxyl groups is 1. The van der Waals surface area contributed by atoms with Gasteiger partial charge in [-0.25, -0.2) is 21.6 Å². The number of benzene rings is 1. The highest BCUT2D eigenvalue weighted by Crippen LogP contribution is 2.48. The van der Waals surface area contributed by atoms with Gasteiger partial charge in [-0.3, -0.25) is 4.72 Å². The number of alkyl halides is 6. The third-order valence-electron chi connectivity index (χ3n) is 2.43. The minimum absolute atomic E-state index is 0.163. The fourth-order valence-electron chi connectivity index (χ4n) is 1.46. The number of hydrogen-bond acceptors (Lipinski definition) is 3. The average molecular weight is 337 g/mol. The predicted molar refractivity (Wildman–Crippen MR) is 61.4 cm³/mol. The molecular weight excluding hydrogens is 328 g/mol. The molecule has 1 rings (SSSR count). The zero-order chi connectivity index (χ0) is 16.6. The van der Waals surface area contributed by atoms with Crippen LogP contribution in [0.3, 0.4) is 0 Å². The van der Waals surface area contributed by atoms with E-state index >= 15 is 0 Å². The summed E-state index contributed by atoms with van der Waals surface area (Å²) in [6.45, 7) is 0. The van der Waals surface area contributed by atoms with E-state index in [4.69, 9.17) is 0 Å². The Balaban J connectivity index is 3.46. The summed E-state index contributed by atoms with van der Waals surface area (Å²) in [4.78, 5) is 0. The molecule has 2 N–H and O–H groups in total. The molecule has 0 heterocycles. The van der Waals surface area contributed by atoms with Crippen LogP contribution in [-0.2, 0) is 15.7 Å². The molecule has 11 heteroatoms. The van der Waals surface area contributed by atoms with Gasteiger partial charge in [-0.05, 0) is 12.1 Å². The Bertz CT molecular complexity index is 630. The molecular formula is C10H9F6NO3S. The van der Waals surface area contributed by atoms with Crippen molar-refractivity contribution in [2.24, 2.45) is 0 Å². The maximum Gasteiger partial charge on any atom is 0.432 e. The number of phenolic OH excluding ortho intramolecular Hbond substituents is 1. The van der Waals surface area contributed by atoms with Crippen LogP contribution in [0.2, 0.25) is 0 Å². The maximum absolute atomic E-state index is 13.8. The molecule has 0 spiro atoms. The quantitative estimate of drug-likeness (QED) is 0.656. The van der Waals surface area contributed by atoms with Crippen molar-refractivity contribution in [3.8, 4) is 5.75 Å². The first-order valence-electron chi connectivity index (χ1n) is 5.14. The van der Waals surface area contributed by atoms with Gasteiger partial charge in [0.15, 0.2) is 0 Å². The van der Waals surface area contributed by atoms with Crippen LogP contribution in [0.1, 0.15) is 5.56 Å². The molecule has 0 aliphatic heterocycles. The van der Waals surface area contributed by atoms with Crippen LogP contribution in [0, 0.1) is 0 Å². The Morgan fingerprint density at radius 2 is 1.71 bits per heavy atom. The van der Waals surface area contributed by atoms with E-state index in [9.17, 15) is 39.9 Å². The van der Waals surface area contributed by atoms with Gasteiger partial charge in [-0.2, -0.15) is 13.2 Å². The Kier molecular flexibility index (Phi) is 4.37. The van der Waals surface area contributed by atoms with E-state index in [-0.39, 0.29) is 6.07 Å². The smallest absolute Gasteiger partial charge is 0.432 e. The Hall–Kier alpha value is -1.65. The molecule has 1 aromatic rings. The third-order valence-corrected chi connectivity index (χ3v) is 3.02. The van der Waals surface area contributed by atoms with Crippen LogP contribution in [0.25, 0.3) is 0 Å². The number of anilines is 1. The first-order valence-corrected chi connectivity index (χ1v) is 7.03. The Labute approximate surface area is 115 Å². The van der Waals surface area contributed by atoms with Gasteiger partial charge in [0, 0.05) is 5.56 Å². The minimum Gasteiger partial charge on any atom is -0.506 e. The van der Waals surface area contributed by atoms with Gasteiger partial charge in [-0.15, -0.1) is 0 Å². The zero-order valence-electron chi connectivity index (χ0n) is 10.2. The topological polar surface area (TPSA) is 66.4 Å². The molecule has 1 atom stereocenters. The van der Waals surface area contributed by atoms with Gasteiger partial charge in [0.25, 0.3) is 12.1 Å². The monoisotopic (exact) mass is 337 g/mol. The van der Waals surface area contributed by atoms with E-state index in [1.165, 1.54) is 0 Å². The van der Waals surface area contributed by atoms with Gasteiger partial charge in [0.05, 0.1) is 11.9 Å². The predicted octanol–water partition coefficient (Wildman–Crippen LogP) is 2.76. The van der Waals surface area contributed by atoms with Crippen LogP contribution in [0.5, 0.6) is 5.75 Å². The summed E-state index contributed by atoms with van der Waals surface area (Å²) in [6, 6.07) is 0.934. The lowest BCUT2D eigenvalue weighted by molar-refractivity contribution is -0.274. The van der Waals surface area contributed by atoms with E-state index in [0.717, 1.165) is 0 Å². The number of rotatable bonds is 4. The SMILES string of the molecule is CS(=O)(=O)Nc1cc(C(F)(C(F)F)C(F)(F)F)ccc1O. The molecule has 120 valence electrons. The van der Waals surface area contributed by atoms with Crippen molar-refractivity contribution in [1.82, 2.24) is 0 Å². The molecule has 0 saturated heterocycles. The van der Waals surface area contributed by atoms with Crippen LogP contribution in [0.15, 0.2) is 18.2 Å². The van der Waals surface area contributed by atoms with E-state index < -0.39 is 45.3 Å². The van der Waals surface area contributed by atoms with Crippen molar-refractivity contribution in [2.45, 2.75) is 18.3 Å². The molecule has 0 aliphatic rings. The average Bonchev–Trinajstić information content (AvgIpc) is 2.27. The minimum atomic E-state index is -5.93. The second-order valence-corrected chi connectivity index (χ2v) is 5.86. The molecule has 0 fully saturated rings. The molecule has 0 bridgehead atoms. The van der Waals surface area contributed by atoms with Gasteiger partial charge in [0.1, 0.15) is 5.75 Å². The van der Waals surface area contributed by atoms with E-state index in [2.05, 4.69) is 0 Å². The summed E-state index contributed by atoms with van der Waals surface area (Å²) in [7, 11) is -4.02. The molecule has 4 nitrogen and oxygen atoms in total. The lowest BCUT2D eigenvalue weighted by Crippen LogP contribution is -2.44. The van der Waals surface area contributed by atoms with E-state index in [1.807, 2.05) is 0 Å². The Morgan fingerprint density at radius 1 is 1.19 bits per heavy atom. The largest absolute Gasteiger partial charge is 0.506 e. The molecule has 0 radical (unpaired) electrons. The number of phenols is 1. The molecule has 0 aliphatic carbocycles. The van der Waals surface area contributed by atoms with Gasteiger partial charge in [0.2, 0.25) is 10.0 Å². The Morgan fingerprint density at radius 3 is 2.10 bits per heavy atom. The molecule has 0 aromatic heterocycles. The highest BCUT2D eigenvalue weighted by Gasteiger charge is 2.64. The molecule has 1 unspecified atom stereocenters. The van der Waals surface area contributed by atoms with Gasteiger partial charge < -0.3 is 5.11 Å². The maximum atomic E-state index is 13.8. The van der Waals surface area contributed by atoms with Crippen molar-refractivity contribution in [3.63, 3.8) is 0 Å². The van der Waals surface area contributed by atoms with Crippen molar-refractivity contribution < 1.29 is 39.9 Å². The van der Waals surface area contributed by atoms with Gasteiger partial charge >= 0.3 is 6.18 Å². The first-order chi connectivity index (χ1) is 9.29. The zero-order valence-corrected chi connectivity index (χ0v) is 11.1. The molecule has 1 aromatic carbocycles. The van der Waals surface area contributed by atoms with E-state index in [0.29, 0.717) is 18.4 Å². The van der Waals surface area contributed by atoms with E-state index in [1.54, 1.807) is 4.72 Å². The second-order valence-electron chi connectivity index (χ2n) is 4.12. The normalized spacial score (nSPS) is 15.8. The van der Waals surface area contributed by atoms with Crippen LogP contribution < -0.4 is 4.72 Å². The number of sulfonamides is 1. The fraction of sp³-hybridized carbons (Fsp3) is 0.400. The summed E-state index contributed by atoms with van der Waals surface area (Å²) < 4.78 is 100. The third kappa shape index (κ3) is 3.52. The molecule has 21 heavy (non-hydrogen) atoms. The summed E-state index contributed by atoms with van der Waals surface area (Å²) in [5.41, 5.74) is -7.37. The highest BCUT2D eigenvalue weighted by molar-refractivity contribution is 7.92. The number of halogens is 6. The summed E-state index contributed by atoms with van der Waals surface area (Å²) >= 11 is 0. The standard InChI is InChI=1S/C10H9F6NO3S/c1-21(19,20)17-6-4-5(2-3-7(6)18)9(13,8(11)12)10(14,15)16/h2-4,8,17-18H,1H3.